The minimum atomic E-state index is -0.420. The van der Waals surface area contributed by atoms with Crippen LogP contribution in [0.5, 0.6) is 0 Å². The van der Waals surface area contributed by atoms with E-state index >= 15 is 0 Å². The molecule has 0 aliphatic heterocycles. The molecule has 0 saturated carbocycles. The first kappa shape index (κ1) is 13.8. The lowest BCUT2D eigenvalue weighted by Crippen LogP contribution is -2.00. The van der Waals surface area contributed by atoms with Crippen LogP contribution in [-0.2, 0) is 11.2 Å². The van der Waals surface area contributed by atoms with Crippen molar-refractivity contribution in [1.29, 1.82) is 0 Å². The van der Waals surface area contributed by atoms with Gasteiger partial charge in [-0.15, -0.1) is 0 Å². The molecule has 0 heterocycles. The summed E-state index contributed by atoms with van der Waals surface area (Å²) in [5, 5.41) is 11.4. The number of Topliss-reactive ketones (excluding diaryl/α,β-unsaturated/α-hetero) is 1. The second-order valence-electron chi connectivity index (χ2n) is 3.76. The largest absolute Gasteiger partial charge is 0.300 e. The molecule has 0 amide bonds. The molecule has 5 heteroatoms. The van der Waals surface area contributed by atoms with Gasteiger partial charge in [-0.25, -0.2) is 0 Å². The number of nitro groups is 1. The van der Waals surface area contributed by atoms with E-state index in [0.29, 0.717) is 19.3 Å². The standard InChI is InChI=1S/C12H14BrNO3/c13-8-2-5-12(15)7-6-10-3-1-4-11(9-10)14(16)17/h1,3-4,9H,2,5-8H2. The lowest BCUT2D eigenvalue weighted by Gasteiger charge is -2.01. The van der Waals surface area contributed by atoms with Crippen LogP contribution < -0.4 is 0 Å². The lowest BCUT2D eigenvalue weighted by molar-refractivity contribution is -0.384. The fourth-order valence-electron chi connectivity index (χ4n) is 1.50. The molecule has 1 rings (SSSR count). The topological polar surface area (TPSA) is 60.2 Å². The van der Waals surface area contributed by atoms with Crippen molar-refractivity contribution < 1.29 is 9.72 Å². The minimum absolute atomic E-state index is 0.0791. The van der Waals surface area contributed by atoms with Crippen molar-refractivity contribution >= 4 is 27.4 Å². The van der Waals surface area contributed by atoms with Gasteiger partial charge in [-0.05, 0) is 18.4 Å². The highest BCUT2D eigenvalue weighted by atomic mass is 79.9. The highest BCUT2D eigenvalue weighted by molar-refractivity contribution is 9.09. The van der Waals surface area contributed by atoms with Gasteiger partial charge in [0.2, 0.25) is 0 Å². The molecule has 92 valence electrons. The van der Waals surface area contributed by atoms with E-state index in [-0.39, 0.29) is 11.5 Å². The Bertz CT molecular complexity index is 406. The monoisotopic (exact) mass is 299 g/mol. The molecule has 1 aromatic rings. The maximum absolute atomic E-state index is 11.4. The van der Waals surface area contributed by atoms with Crippen molar-refractivity contribution in [2.24, 2.45) is 0 Å². The van der Waals surface area contributed by atoms with Crippen LogP contribution in [-0.4, -0.2) is 16.0 Å². The number of carbonyl (C=O) groups excluding carboxylic acids is 1. The van der Waals surface area contributed by atoms with Crippen LogP contribution in [0.2, 0.25) is 0 Å². The SMILES string of the molecule is O=C(CCCBr)CCc1cccc([N+](=O)[O-])c1. The summed E-state index contributed by atoms with van der Waals surface area (Å²) < 4.78 is 0. The fraction of sp³-hybridized carbons (Fsp3) is 0.417. The molecular weight excluding hydrogens is 286 g/mol. The predicted octanol–water partition coefficient (Wildman–Crippen LogP) is 3.27. The molecular formula is C12H14BrNO3. The Kier molecular flexibility index (Phi) is 5.83. The summed E-state index contributed by atoms with van der Waals surface area (Å²) in [7, 11) is 0. The number of carbonyl (C=O) groups is 1. The van der Waals surface area contributed by atoms with Crippen LogP contribution in [0, 0.1) is 10.1 Å². The van der Waals surface area contributed by atoms with Gasteiger partial charge in [-0.2, -0.15) is 0 Å². The number of non-ortho nitro benzene ring substituents is 1. The van der Waals surface area contributed by atoms with E-state index in [2.05, 4.69) is 15.9 Å². The molecule has 1 aromatic carbocycles. The zero-order valence-corrected chi connectivity index (χ0v) is 11.0. The number of ketones is 1. The molecule has 0 N–H and O–H groups in total. The summed E-state index contributed by atoms with van der Waals surface area (Å²) in [6.07, 6.45) is 2.44. The van der Waals surface area contributed by atoms with Gasteiger partial charge < -0.3 is 0 Å². The molecule has 0 fully saturated rings. The number of benzene rings is 1. The maximum Gasteiger partial charge on any atom is 0.269 e. The third-order valence-corrected chi connectivity index (χ3v) is 2.96. The average molecular weight is 300 g/mol. The molecule has 0 bridgehead atoms. The second kappa shape index (κ2) is 7.17. The van der Waals surface area contributed by atoms with Crippen LogP contribution in [0.4, 0.5) is 5.69 Å². The first-order valence-electron chi connectivity index (χ1n) is 5.44. The van der Waals surface area contributed by atoms with E-state index in [1.807, 2.05) is 6.07 Å². The van der Waals surface area contributed by atoms with Gasteiger partial charge in [0.25, 0.3) is 5.69 Å². The second-order valence-corrected chi connectivity index (χ2v) is 4.55. The lowest BCUT2D eigenvalue weighted by atomic mass is 10.0. The number of aryl methyl sites for hydroxylation is 1. The molecule has 0 aliphatic rings. The number of rotatable bonds is 7. The van der Waals surface area contributed by atoms with Gasteiger partial charge in [0, 0.05) is 30.3 Å². The quantitative estimate of drug-likeness (QED) is 0.441. The van der Waals surface area contributed by atoms with E-state index in [0.717, 1.165) is 17.3 Å². The van der Waals surface area contributed by atoms with Crippen LogP contribution in [0.15, 0.2) is 24.3 Å². The van der Waals surface area contributed by atoms with Crippen LogP contribution in [0.3, 0.4) is 0 Å². The van der Waals surface area contributed by atoms with Gasteiger partial charge in [0.05, 0.1) is 4.92 Å². The summed E-state index contributed by atoms with van der Waals surface area (Å²) in [5.74, 6) is 0.205. The normalized spacial score (nSPS) is 10.2. The Labute approximate surface area is 108 Å². The first-order valence-corrected chi connectivity index (χ1v) is 6.56. The third-order valence-electron chi connectivity index (χ3n) is 2.40. The highest BCUT2D eigenvalue weighted by Crippen LogP contribution is 2.14. The van der Waals surface area contributed by atoms with Crippen LogP contribution in [0.1, 0.15) is 24.8 Å². The molecule has 0 aliphatic carbocycles. The van der Waals surface area contributed by atoms with E-state index in [9.17, 15) is 14.9 Å². The molecule has 0 spiro atoms. The Morgan fingerprint density at radius 3 is 2.76 bits per heavy atom. The van der Waals surface area contributed by atoms with Gasteiger partial charge in [0.15, 0.2) is 0 Å². The Morgan fingerprint density at radius 2 is 2.12 bits per heavy atom. The van der Waals surface area contributed by atoms with Gasteiger partial charge >= 0.3 is 0 Å². The minimum Gasteiger partial charge on any atom is -0.300 e. The molecule has 0 aromatic heterocycles. The summed E-state index contributed by atoms with van der Waals surface area (Å²) in [6, 6.07) is 6.44. The number of nitrogens with zero attached hydrogens (tertiary/aromatic N) is 1. The van der Waals surface area contributed by atoms with E-state index in [1.54, 1.807) is 6.07 Å². The number of alkyl halides is 1. The Morgan fingerprint density at radius 1 is 1.35 bits per heavy atom. The fourth-order valence-corrected chi connectivity index (χ4v) is 1.78. The van der Waals surface area contributed by atoms with Crippen molar-refractivity contribution in [3.8, 4) is 0 Å². The van der Waals surface area contributed by atoms with Crippen LogP contribution >= 0.6 is 15.9 Å². The van der Waals surface area contributed by atoms with Gasteiger partial charge in [0.1, 0.15) is 5.78 Å². The summed E-state index contributed by atoms with van der Waals surface area (Å²) in [4.78, 5) is 21.6. The summed E-state index contributed by atoms with van der Waals surface area (Å²) >= 11 is 3.27. The molecule has 0 saturated heterocycles. The van der Waals surface area contributed by atoms with Crippen molar-refractivity contribution in [3.63, 3.8) is 0 Å². The van der Waals surface area contributed by atoms with E-state index < -0.39 is 4.92 Å². The molecule has 0 atom stereocenters. The number of nitro benzene ring substituents is 1. The Balaban J connectivity index is 2.49. The Hall–Kier alpha value is -1.23. The van der Waals surface area contributed by atoms with Crippen molar-refractivity contribution in [2.75, 3.05) is 5.33 Å². The van der Waals surface area contributed by atoms with Crippen LogP contribution in [0.25, 0.3) is 0 Å². The van der Waals surface area contributed by atoms with E-state index in [1.165, 1.54) is 12.1 Å². The zero-order chi connectivity index (χ0) is 12.7. The first-order chi connectivity index (χ1) is 8.13. The van der Waals surface area contributed by atoms with Gasteiger partial charge in [-0.3, -0.25) is 14.9 Å². The highest BCUT2D eigenvalue weighted by Gasteiger charge is 2.07. The number of halogens is 1. The predicted molar refractivity (Wildman–Crippen MR) is 69.5 cm³/mol. The van der Waals surface area contributed by atoms with E-state index in [4.69, 9.17) is 0 Å². The van der Waals surface area contributed by atoms with Gasteiger partial charge in [-0.1, -0.05) is 28.1 Å². The molecule has 0 unspecified atom stereocenters. The summed E-state index contributed by atoms with van der Waals surface area (Å²) in [5.41, 5.74) is 0.918. The third kappa shape index (κ3) is 5.08. The number of hydrogen-bond donors (Lipinski definition) is 0. The van der Waals surface area contributed by atoms with Crippen molar-refractivity contribution in [3.05, 3.63) is 39.9 Å². The van der Waals surface area contributed by atoms with Crippen molar-refractivity contribution in [1.82, 2.24) is 0 Å². The van der Waals surface area contributed by atoms with Crippen molar-refractivity contribution in [2.45, 2.75) is 25.7 Å². The molecule has 0 radical (unpaired) electrons. The summed E-state index contributed by atoms with van der Waals surface area (Å²) in [6.45, 7) is 0. The smallest absolute Gasteiger partial charge is 0.269 e. The number of hydrogen-bond acceptors (Lipinski definition) is 3. The molecule has 17 heavy (non-hydrogen) atoms. The molecule has 4 nitrogen and oxygen atoms in total. The maximum atomic E-state index is 11.4. The zero-order valence-electron chi connectivity index (χ0n) is 9.39. The average Bonchev–Trinajstić information content (AvgIpc) is 2.34.